The Morgan fingerprint density at radius 3 is 2.60 bits per heavy atom. The standard InChI is InChI=1S/C15H22N2O2S/c1-15(2,20-4)10-17-13(18)9-16-14(17)11-5-7-12(19-3)8-6-11/h5-8,14,16H,9-10H2,1-4H3. The molecule has 1 aromatic rings. The summed E-state index contributed by atoms with van der Waals surface area (Å²) in [7, 11) is 1.65. The van der Waals surface area contributed by atoms with Gasteiger partial charge >= 0.3 is 0 Å². The SMILES string of the molecule is COc1ccc(C2NCC(=O)N2CC(C)(C)SC)cc1. The second kappa shape index (κ2) is 6.06. The molecule has 1 atom stereocenters. The molecule has 0 aliphatic carbocycles. The van der Waals surface area contributed by atoms with E-state index in [4.69, 9.17) is 4.74 Å². The number of nitrogens with one attached hydrogen (secondary N) is 1. The van der Waals surface area contributed by atoms with Crippen LogP contribution in [0.3, 0.4) is 0 Å². The van der Waals surface area contributed by atoms with E-state index in [1.54, 1.807) is 18.9 Å². The molecule has 1 N–H and O–H groups in total. The molecule has 0 spiro atoms. The minimum atomic E-state index is -0.0418. The van der Waals surface area contributed by atoms with Crippen molar-refractivity contribution in [3.8, 4) is 5.75 Å². The molecule has 1 unspecified atom stereocenters. The van der Waals surface area contributed by atoms with E-state index in [0.29, 0.717) is 6.54 Å². The summed E-state index contributed by atoms with van der Waals surface area (Å²) < 4.78 is 5.22. The highest BCUT2D eigenvalue weighted by molar-refractivity contribution is 7.99. The van der Waals surface area contributed by atoms with Crippen molar-refractivity contribution in [2.24, 2.45) is 0 Å². The van der Waals surface area contributed by atoms with Gasteiger partial charge in [0.2, 0.25) is 5.91 Å². The molecule has 0 saturated carbocycles. The van der Waals surface area contributed by atoms with E-state index in [9.17, 15) is 4.79 Å². The number of carbonyl (C=O) groups is 1. The molecule has 1 aliphatic heterocycles. The molecule has 20 heavy (non-hydrogen) atoms. The number of hydrogen-bond donors (Lipinski definition) is 1. The van der Waals surface area contributed by atoms with E-state index in [0.717, 1.165) is 17.9 Å². The summed E-state index contributed by atoms with van der Waals surface area (Å²) in [6, 6.07) is 7.87. The molecule has 1 fully saturated rings. The highest BCUT2D eigenvalue weighted by Crippen LogP contribution is 2.30. The second-order valence-electron chi connectivity index (χ2n) is 5.54. The first-order valence-corrected chi connectivity index (χ1v) is 7.91. The van der Waals surface area contributed by atoms with Crippen molar-refractivity contribution in [3.05, 3.63) is 29.8 Å². The summed E-state index contributed by atoms with van der Waals surface area (Å²) in [6.45, 7) is 5.46. The van der Waals surface area contributed by atoms with E-state index in [2.05, 4.69) is 25.4 Å². The molecule has 1 aromatic carbocycles. The van der Waals surface area contributed by atoms with Crippen molar-refractivity contribution < 1.29 is 9.53 Å². The maximum absolute atomic E-state index is 12.1. The number of methoxy groups -OCH3 is 1. The number of carbonyl (C=O) groups excluding carboxylic acids is 1. The van der Waals surface area contributed by atoms with Crippen LogP contribution in [0.4, 0.5) is 0 Å². The summed E-state index contributed by atoms with van der Waals surface area (Å²) in [5, 5.41) is 3.28. The van der Waals surface area contributed by atoms with Gasteiger partial charge in [-0.25, -0.2) is 0 Å². The van der Waals surface area contributed by atoms with Crippen molar-refractivity contribution in [3.63, 3.8) is 0 Å². The maximum Gasteiger partial charge on any atom is 0.238 e. The molecule has 0 bridgehead atoms. The van der Waals surface area contributed by atoms with Crippen LogP contribution in [0, 0.1) is 0 Å². The van der Waals surface area contributed by atoms with Gasteiger partial charge in [-0.15, -0.1) is 0 Å². The zero-order chi connectivity index (χ0) is 14.8. The third kappa shape index (κ3) is 3.27. The zero-order valence-electron chi connectivity index (χ0n) is 12.5. The molecule has 4 nitrogen and oxygen atoms in total. The van der Waals surface area contributed by atoms with Crippen molar-refractivity contribution in [1.29, 1.82) is 0 Å². The van der Waals surface area contributed by atoms with Crippen LogP contribution in [-0.2, 0) is 4.79 Å². The highest BCUT2D eigenvalue weighted by Gasteiger charge is 2.35. The van der Waals surface area contributed by atoms with Gasteiger partial charge in [-0.2, -0.15) is 11.8 Å². The van der Waals surface area contributed by atoms with Gasteiger partial charge in [-0.3, -0.25) is 10.1 Å². The minimum absolute atomic E-state index is 0.0418. The van der Waals surface area contributed by atoms with Gasteiger partial charge in [0.25, 0.3) is 0 Å². The lowest BCUT2D eigenvalue weighted by Crippen LogP contribution is -2.40. The van der Waals surface area contributed by atoms with E-state index < -0.39 is 0 Å². The Bertz CT molecular complexity index is 473. The minimum Gasteiger partial charge on any atom is -0.497 e. The number of amides is 1. The fourth-order valence-corrected chi connectivity index (χ4v) is 2.55. The van der Waals surface area contributed by atoms with Crippen LogP contribution in [0.5, 0.6) is 5.75 Å². The first-order chi connectivity index (χ1) is 9.46. The molecule has 110 valence electrons. The lowest BCUT2D eigenvalue weighted by molar-refractivity contribution is -0.128. The van der Waals surface area contributed by atoms with Gasteiger partial charge in [0, 0.05) is 11.3 Å². The molecule has 0 radical (unpaired) electrons. The van der Waals surface area contributed by atoms with E-state index in [1.807, 2.05) is 29.2 Å². The molecule has 1 aliphatic rings. The summed E-state index contributed by atoms with van der Waals surface area (Å²) in [4.78, 5) is 14.0. The van der Waals surface area contributed by atoms with Gasteiger partial charge in [0.05, 0.1) is 13.7 Å². The molecule has 5 heteroatoms. The summed E-state index contributed by atoms with van der Waals surface area (Å²) >= 11 is 1.78. The fourth-order valence-electron chi connectivity index (χ4n) is 2.28. The van der Waals surface area contributed by atoms with Gasteiger partial charge in [0.1, 0.15) is 11.9 Å². The lowest BCUT2D eigenvalue weighted by Gasteiger charge is -2.32. The fraction of sp³-hybridized carbons (Fsp3) is 0.533. The van der Waals surface area contributed by atoms with Crippen LogP contribution in [0.25, 0.3) is 0 Å². The Morgan fingerprint density at radius 1 is 1.40 bits per heavy atom. The molecule has 1 saturated heterocycles. The predicted molar refractivity (Wildman–Crippen MR) is 83.0 cm³/mol. The van der Waals surface area contributed by atoms with Crippen LogP contribution < -0.4 is 10.1 Å². The smallest absolute Gasteiger partial charge is 0.238 e. The second-order valence-corrected chi connectivity index (χ2v) is 7.06. The molecular formula is C15H22N2O2S. The number of benzene rings is 1. The van der Waals surface area contributed by atoms with Gasteiger partial charge in [-0.05, 0) is 37.8 Å². The first kappa shape index (κ1) is 15.2. The Morgan fingerprint density at radius 2 is 2.05 bits per heavy atom. The third-order valence-corrected chi connectivity index (χ3v) is 4.85. The molecule has 0 aromatic heterocycles. The number of thioether (sulfide) groups is 1. The number of ether oxygens (including phenoxy) is 1. The molecule has 1 heterocycles. The van der Waals surface area contributed by atoms with Crippen LogP contribution in [0.1, 0.15) is 25.6 Å². The van der Waals surface area contributed by atoms with Crippen molar-refractivity contribution in [2.75, 3.05) is 26.5 Å². The Hall–Kier alpha value is -1.20. The molecular weight excluding hydrogens is 272 g/mol. The van der Waals surface area contributed by atoms with Crippen LogP contribution in [0.2, 0.25) is 0 Å². The molecule has 2 rings (SSSR count). The molecule has 1 amide bonds. The highest BCUT2D eigenvalue weighted by atomic mass is 32.2. The van der Waals surface area contributed by atoms with Gasteiger partial charge < -0.3 is 9.64 Å². The van der Waals surface area contributed by atoms with E-state index in [1.165, 1.54) is 0 Å². The van der Waals surface area contributed by atoms with Crippen molar-refractivity contribution in [2.45, 2.75) is 24.8 Å². The summed E-state index contributed by atoms with van der Waals surface area (Å²) in [5.41, 5.74) is 1.09. The quantitative estimate of drug-likeness (QED) is 0.904. The first-order valence-electron chi connectivity index (χ1n) is 6.69. The van der Waals surface area contributed by atoms with Crippen LogP contribution >= 0.6 is 11.8 Å². The van der Waals surface area contributed by atoms with Crippen molar-refractivity contribution in [1.82, 2.24) is 10.2 Å². The Balaban J connectivity index is 2.18. The van der Waals surface area contributed by atoms with E-state index in [-0.39, 0.29) is 16.8 Å². The third-order valence-electron chi connectivity index (χ3n) is 3.61. The van der Waals surface area contributed by atoms with Gasteiger partial charge in [0.15, 0.2) is 0 Å². The maximum atomic E-state index is 12.1. The average molecular weight is 294 g/mol. The zero-order valence-corrected chi connectivity index (χ0v) is 13.3. The monoisotopic (exact) mass is 294 g/mol. The number of rotatable bonds is 5. The summed E-state index contributed by atoms with van der Waals surface area (Å²) in [5.74, 6) is 0.988. The summed E-state index contributed by atoms with van der Waals surface area (Å²) in [6.07, 6.45) is 2.04. The van der Waals surface area contributed by atoms with Crippen molar-refractivity contribution >= 4 is 17.7 Å². The lowest BCUT2D eigenvalue weighted by atomic mass is 10.1. The Labute approximate surface area is 124 Å². The Kier molecular flexibility index (Phi) is 4.60. The van der Waals surface area contributed by atoms with Gasteiger partial charge in [-0.1, -0.05) is 12.1 Å². The normalized spacial score (nSPS) is 19.5. The van der Waals surface area contributed by atoms with Crippen LogP contribution in [-0.4, -0.2) is 42.0 Å². The average Bonchev–Trinajstić information content (AvgIpc) is 2.80. The van der Waals surface area contributed by atoms with E-state index >= 15 is 0 Å². The predicted octanol–water partition coefficient (Wildman–Crippen LogP) is 2.27. The largest absolute Gasteiger partial charge is 0.497 e. The number of hydrogen-bond acceptors (Lipinski definition) is 4. The van der Waals surface area contributed by atoms with Crippen LogP contribution in [0.15, 0.2) is 24.3 Å². The topological polar surface area (TPSA) is 41.6 Å². The number of nitrogens with zero attached hydrogens (tertiary/aromatic N) is 1.